The monoisotopic (exact) mass is 255 g/mol. The summed E-state index contributed by atoms with van der Waals surface area (Å²) in [4.78, 5) is 0. The molecule has 0 bridgehead atoms. The summed E-state index contributed by atoms with van der Waals surface area (Å²) in [6.45, 7) is 1.47. The zero-order chi connectivity index (χ0) is 10.0. The summed E-state index contributed by atoms with van der Waals surface area (Å²) in [6, 6.07) is 8.25. The molecule has 0 atom stereocenters. The number of nitrogens with one attached hydrogen (secondary N) is 1. The number of hydrogen-bond donors (Lipinski definition) is 2. The predicted octanol–water partition coefficient (Wildman–Crippen LogP) is 1.72. The lowest BCUT2D eigenvalue weighted by Crippen LogP contribution is -2.59. The Labute approximate surface area is 92.5 Å². The minimum atomic E-state index is -0.456. The minimum absolute atomic E-state index is 0.456. The lowest BCUT2D eigenvalue weighted by atomic mass is 9.90. The van der Waals surface area contributed by atoms with Crippen LogP contribution >= 0.6 is 15.9 Å². The SMILES string of the molecule is OC1(CCc2cccc(Br)c2)CNC1. The average Bonchev–Trinajstić information content (AvgIpc) is 2.12. The van der Waals surface area contributed by atoms with Crippen LogP contribution in [0.5, 0.6) is 0 Å². The Balaban J connectivity index is 1.91. The van der Waals surface area contributed by atoms with E-state index in [2.05, 4.69) is 33.4 Å². The van der Waals surface area contributed by atoms with Crippen molar-refractivity contribution in [2.45, 2.75) is 18.4 Å². The van der Waals surface area contributed by atoms with Gasteiger partial charge in [0.1, 0.15) is 0 Å². The van der Waals surface area contributed by atoms with Crippen molar-refractivity contribution in [3.63, 3.8) is 0 Å². The van der Waals surface area contributed by atoms with Crippen molar-refractivity contribution < 1.29 is 5.11 Å². The molecule has 0 saturated carbocycles. The molecular formula is C11H14BrNO. The number of hydrogen-bond acceptors (Lipinski definition) is 2. The van der Waals surface area contributed by atoms with Crippen molar-refractivity contribution >= 4 is 15.9 Å². The van der Waals surface area contributed by atoms with E-state index in [1.807, 2.05) is 12.1 Å². The molecule has 2 nitrogen and oxygen atoms in total. The fourth-order valence-electron chi connectivity index (χ4n) is 1.66. The molecule has 14 heavy (non-hydrogen) atoms. The maximum Gasteiger partial charge on any atom is 0.0898 e. The molecule has 1 aromatic rings. The van der Waals surface area contributed by atoms with Crippen LogP contribution in [0.15, 0.2) is 28.7 Å². The van der Waals surface area contributed by atoms with Gasteiger partial charge in [0.25, 0.3) is 0 Å². The molecule has 0 radical (unpaired) electrons. The fourth-order valence-corrected chi connectivity index (χ4v) is 2.11. The van der Waals surface area contributed by atoms with Crippen LogP contribution < -0.4 is 5.32 Å². The molecule has 1 aliphatic rings. The molecule has 1 heterocycles. The number of aliphatic hydroxyl groups is 1. The van der Waals surface area contributed by atoms with E-state index in [1.54, 1.807) is 0 Å². The van der Waals surface area contributed by atoms with Gasteiger partial charge in [-0.2, -0.15) is 0 Å². The van der Waals surface area contributed by atoms with Gasteiger partial charge in [-0.15, -0.1) is 0 Å². The molecule has 1 aliphatic heterocycles. The van der Waals surface area contributed by atoms with E-state index in [0.29, 0.717) is 0 Å². The van der Waals surface area contributed by atoms with Crippen LogP contribution in [-0.4, -0.2) is 23.8 Å². The second-order valence-corrected chi connectivity index (χ2v) is 4.87. The van der Waals surface area contributed by atoms with Gasteiger partial charge in [0, 0.05) is 17.6 Å². The van der Waals surface area contributed by atoms with Crippen molar-refractivity contribution in [1.82, 2.24) is 5.32 Å². The second-order valence-electron chi connectivity index (χ2n) is 3.96. The van der Waals surface area contributed by atoms with Gasteiger partial charge < -0.3 is 10.4 Å². The van der Waals surface area contributed by atoms with Crippen LogP contribution in [0.25, 0.3) is 0 Å². The van der Waals surface area contributed by atoms with Crippen LogP contribution in [-0.2, 0) is 6.42 Å². The Hall–Kier alpha value is -0.380. The first-order valence-electron chi connectivity index (χ1n) is 4.86. The predicted molar refractivity (Wildman–Crippen MR) is 60.3 cm³/mol. The standard InChI is InChI=1S/C11H14BrNO/c12-10-3-1-2-9(6-10)4-5-11(14)7-13-8-11/h1-3,6,13-14H,4-5,7-8H2. The molecule has 0 unspecified atom stereocenters. The van der Waals surface area contributed by atoms with Crippen LogP contribution in [0, 0.1) is 0 Å². The average molecular weight is 256 g/mol. The zero-order valence-corrected chi connectivity index (χ0v) is 9.55. The van der Waals surface area contributed by atoms with E-state index in [1.165, 1.54) is 5.56 Å². The van der Waals surface area contributed by atoms with Crippen molar-refractivity contribution in [1.29, 1.82) is 0 Å². The highest BCUT2D eigenvalue weighted by atomic mass is 79.9. The molecule has 76 valence electrons. The summed E-state index contributed by atoms with van der Waals surface area (Å²) >= 11 is 3.44. The normalized spacial score (nSPS) is 19.0. The van der Waals surface area contributed by atoms with Gasteiger partial charge in [-0.25, -0.2) is 0 Å². The molecular weight excluding hydrogens is 242 g/mol. The van der Waals surface area contributed by atoms with Gasteiger partial charge in [0.15, 0.2) is 0 Å². The highest BCUT2D eigenvalue weighted by Gasteiger charge is 2.33. The van der Waals surface area contributed by atoms with Gasteiger partial charge >= 0.3 is 0 Å². The molecule has 2 rings (SSSR count). The van der Waals surface area contributed by atoms with Gasteiger partial charge in [-0.1, -0.05) is 28.1 Å². The van der Waals surface area contributed by atoms with Crippen molar-refractivity contribution in [3.05, 3.63) is 34.3 Å². The van der Waals surface area contributed by atoms with Crippen molar-refractivity contribution in [3.8, 4) is 0 Å². The van der Waals surface area contributed by atoms with Gasteiger partial charge in [-0.05, 0) is 30.5 Å². The van der Waals surface area contributed by atoms with E-state index >= 15 is 0 Å². The van der Waals surface area contributed by atoms with Crippen LogP contribution in [0.4, 0.5) is 0 Å². The third-order valence-corrected chi connectivity index (χ3v) is 3.17. The third kappa shape index (κ3) is 2.35. The molecule has 0 amide bonds. The van der Waals surface area contributed by atoms with Crippen molar-refractivity contribution in [2.75, 3.05) is 13.1 Å². The van der Waals surface area contributed by atoms with Gasteiger partial charge in [-0.3, -0.25) is 0 Å². The van der Waals surface area contributed by atoms with E-state index in [9.17, 15) is 5.11 Å². The Morgan fingerprint density at radius 3 is 2.79 bits per heavy atom. The number of benzene rings is 1. The first-order valence-corrected chi connectivity index (χ1v) is 5.65. The highest BCUT2D eigenvalue weighted by molar-refractivity contribution is 9.10. The summed E-state index contributed by atoms with van der Waals surface area (Å²) in [5, 5.41) is 13.0. The Morgan fingerprint density at radius 1 is 1.43 bits per heavy atom. The maximum atomic E-state index is 9.87. The van der Waals surface area contributed by atoms with Crippen LogP contribution in [0.1, 0.15) is 12.0 Å². The molecule has 0 aliphatic carbocycles. The molecule has 1 aromatic carbocycles. The van der Waals surface area contributed by atoms with E-state index in [-0.39, 0.29) is 0 Å². The topological polar surface area (TPSA) is 32.3 Å². The van der Waals surface area contributed by atoms with Gasteiger partial charge in [0.2, 0.25) is 0 Å². The molecule has 1 fully saturated rings. The molecule has 0 spiro atoms. The number of aryl methyl sites for hydroxylation is 1. The summed E-state index contributed by atoms with van der Waals surface area (Å²) in [5.41, 5.74) is 0.821. The number of halogens is 1. The van der Waals surface area contributed by atoms with Crippen molar-refractivity contribution in [2.24, 2.45) is 0 Å². The van der Waals surface area contributed by atoms with Crippen LogP contribution in [0.2, 0.25) is 0 Å². The first kappa shape index (κ1) is 10.1. The molecule has 0 aromatic heterocycles. The first-order chi connectivity index (χ1) is 6.68. The quantitative estimate of drug-likeness (QED) is 0.863. The van der Waals surface area contributed by atoms with E-state index < -0.39 is 5.60 Å². The summed E-state index contributed by atoms with van der Waals surface area (Å²) in [6.07, 6.45) is 1.79. The summed E-state index contributed by atoms with van der Waals surface area (Å²) in [7, 11) is 0. The minimum Gasteiger partial charge on any atom is -0.387 e. The maximum absolute atomic E-state index is 9.87. The summed E-state index contributed by atoms with van der Waals surface area (Å²) in [5.74, 6) is 0. The lowest BCUT2D eigenvalue weighted by Gasteiger charge is -2.37. The Morgan fingerprint density at radius 2 is 2.21 bits per heavy atom. The highest BCUT2D eigenvalue weighted by Crippen LogP contribution is 2.20. The van der Waals surface area contributed by atoms with E-state index in [0.717, 1.165) is 30.4 Å². The fraction of sp³-hybridized carbons (Fsp3) is 0.455. The Bertz CT molecular complexity index is 323. The smallest absolute Gasteiger partial charge is 0.0898 e. The zero-order valence-electron chi connectivity index (χ0n) is 7.96. The lowest BCUT2D eigenvalue weighted by molar-refractivity contribution is -0.0167. The third-order valence-electron chi connectivity index (χ3n) is 2.68. The molecule has 2 N–H and O–H groups in total. The number of rotatable bonds is 3. The second kappa shape index (κ2) is 4.01. The van der Waals surface area contributed by atoms with Gasteiger partial charge in [0.05, 0.1) is 5.60 Å². The summed E-state index contributed by atoms with van der Waals surface area (Å²) < 4.78 is 1.11. The molecule has 3 heteroatoms. The number of β-amino-alcohol motifs (C(OH)–C–C–N with tert-alkyl or cyclic N) is 1. The van der Waals surface area contributed by atoms with Crippen LogP contribution in [0.3, 0.4) is 0 Å². The largest absolute Gasteiger partial charge is 0.387 e. The molecule has 1 saturated heterocycles. The Kier molecular flexibility index (Phi) is 2.91. The van der Waals surface area contributed by atoms with E-state index in [4.69, 9.17) is 0 Å².